The minimum atomic E-state index is -0.807. The maximum absolute atomic E-state index is 12.2. The summed E-state index contributed by atoms with van der Waals surface area (Å²) in [5, 5.41) is 9.00. The fraction of sp³-hybridized carbons (Fsp3) is 0.500. The summed E-state index contributed by atoms with van der Waals surface area (Å²) in [6.45, 7) is 4.18. The second-order valence-electron chi connectivity index (χ2n) is 5.42. The van der Waals surface area contributed by atoms with Gasteiger partial charge in [0.2, 0.25) is 5.91 Å². The zero-order chi connectivity index (χ0) is 15.2. The highest BCUT2D eigenvalue weighted by molar-refractivity contribution is 5.76. The van der Waals surface area contributed by atoms with Gasteiger partial charge in [-0.25, -0.2) is 0 Å². The van der Waals surface area contributed by atoms with Crippen LogP contribution in [0, 0.1) is 0 Å². The topological polar surface area (TPSA) is 60.9 Å². The average molecular weight is 290 g/mol. The smallest absolute Gasteiger partial charge is 0.320 e. The third-order valence-corrected chi connectivity index (χ3v) is 4.04. The van der Waals surface area contributed by atoms with Crippen LogP contribution in [0.2, 0.25) is 0 Å². The fourth-order valence-electron chi connectivity index (χ4n) is 2.57. The van der Waals surface area contributed by atoms with Crippen LogP contribution in [0.4, 0.5) is 0 Å². The molecule has 1 amide bonds. The number of nitrogens with zero attached hydrogens (tertiary/aromatic N) is 2. The number of rotatable bonds is 5. The minimum Gasteiger partial charge on any atom is -0.480 e. The maximum Gasteiger partial charge on any atom is 0.320 e. The van der Waals surface area contributed by atoms with Crippen LogP contribution >= 0.6 is 0 Å². The summed E-state index contributed by atoms with van der Waals surface area (Å²) in [4.78, 5) is 26.9. The Labute approximate surface area is 125 Å². The van der Waals surface area contributed by atoms with Gasteiger partial charge in [-0.2, -0.15) is 0 Å². The van der Waals surface area contributed by atoms with Gasteiger partial charge in [0.05, 0.1) is 0 Å². The van der Waals surface area contributed by atoms with Gasteiger partial charge >= 0.3 is 5.97 Å². The maximum atomic E-state index is 12.2. The largest absolute Gasteiger partial charge is 0.480 e. The molecule has 1 aliphatic rings. The number of carbonyl (C=O) groups is 2. The zero-order valence-electron chi connectivity index (χ0n) is 12.4. The second kappa shape index (κ2) is 7.22. The van der Waals surface area contributed by atoms with Gasteiger partial charge in [-0.3, -0.25) is 14.5 Å². The van der Waals surface area contributed by atoms with Gasteiger partial charge in [0.25, 0.3) is 0 Å². The molecule has 5 heteroatoms. The van der Waals surface area contributed by atoms with E-state index >= 15 is 0 Å². The van der Waals surface area contributed by atoms with E-state index in [0.29, 0.717) is 32.6 Å². The highest BCUT2D eigenvalue weighted by atomic mass is 16.4. The van der Waals surface area contributed by atoms with E-state index in [1.54, 1.807) is 6.92 Å². The van der Waals surface area contributed by atoms with Crippen molar-refractivity contribution in [3.05, 3.63) is 35.9 Å². The Kier molecular flexibility index (Phi) is 5.33. The lowest BCUT2D eigenvalue weighted by Crippen LogP contribution is -2.53. The molecule has 1 unspecified atom stereocenters. The number of aryl methyl sites for hydroxylation is 1. The SMILES string of the molecule is CC(C(=O)O)N1CCN(C(=O)CCc2ccccc2)CC1. The summed E-state index contributed by atoms with van der Waals surface area (Å²) in [6, 6.07) is 9.50. The second-order valence-corrected chi connectivity index (χ2v) is 5.42. The van der Waals surface area contributed by atoms with Gasteiger partial charge in [0.15, 0.2) is 0 Å². The van der Waals surface area contributed by atoms with Gasteiger partial charge in [0, 0.05) is 32.6 Å². The van der Waals surface area contributed by atoms with E-state index in [9.17, 15) is 9.59 Å². The Hall–Kier alpha value is -1.88. The van der Waals surface area contributed by atoms with E-state index in [2.05, 4.69) is 0 Å². The van der Waals surface area contributed by atoms with Crippen molar-refractivity contribution < 1.29 is 14.7 Å². The first kappa shape index (κ1) is 15.5. The van der Waals surface area contributed by atoms with Crippen molar-refractivity contribution in [2.24, 2.45) is 0 Å². The lowest BCUT2D eigenvalue weighted by Gasteiger charge is -2.36. The van der Waals surface area contributed by atoms with E-state index in [-0.39, 0.29) is 5.91 Å². The number of carbonyl (C=O) groups excluding carboxylic acids is 1. The van der Waals surface area contributed by atoms with Crippen LogP contribution in [0.3, 0.4) is 0 Å². The van der Waals surface area contributed by atoms with Crippen LogP contribution in [0.15, 0.2) is 30.3 Å². The summed E-state index contributed by atoms with van der Waals surface area (Å²) in [5.74, 6) is -0.652. The van der Waals surface area contributed by atoms with Crippen molar-refractivity contribution in [1.29, 1.82) is 0 Å². The first-order valence-electron chi connectivity index (χ1n) is 7.36. The molecule has 1 aliphatic heterocycles. The Morgan fingerprint density at radius 2 is 1.76 bits per heavy atom. The zero-order valence-corrected chi connectivity index (χ0v) is 12.4. The molecule has 0 aliphatic carbocycles. The quantitative estimate of drug-likeness (QED) is 0.886. The molecule has 0 aromatic heterocycles. The van der Waals surface area contributed by atoms with Crippen molar-refractivity contribution in [3.8, 4) is 0 Å². The highest BCUT2D eigenvalue weighted by Gasteiger charge is 2.26. The van der Waals surface area contributed by atoms with E-state index < -0.39 is 12.0 Å². The third-order valence-electron chi connectivity index (χ3n) is 4.04. The molecule has 1 heterocycles. The van der Waals surface area contributed by atoms with Crippen molar-refractivity contribution >= 4 is 11.9 Å². The molecular weight excluding hydrogens is 268 g/mol. The highest BCUT2D eigenvalue weighted by Crippen LogP contribution is 2.10. The van der Waals surface area contributed by atoms with Gasteiger partial charge in [-0.1, -0.05) is 30.3 Å². The summed E-state index contributed by atoms with van der Waals surface area (Å²) >= 11 is 0. The van der Waals surface area contributed by atoms with Gasteiger partial charge in [-0.15, -0.1) is 0 Å². The monoisotopic (exact) mass is 290 g/mol. The number of hydrogen-bond acceptors (Lipinski definition) is 3. The van der Waals surface area contributed by atoms with Crippen molar-refractivity contribution in [2.75, 3.05) is 26.2 Å². The molecular formula is C16H22N2O3. The predicted octanol–water partition coefficient (Wildman–Crippen LogP) is 1.24. The van der Waals surface area contributed by atoms with E-state index in [4.69, 9.17) is 5.11 Å². The molecule has 1 N–H and O–H groups in total. The molecule has 0 bridgehead atoms. The van der Waals surface area contributed by atoms with Crippen molar-refractivity contribution in [1.82, 2.24) is 9.80 Å². The fourth-order valence-corrected chi connectivity index (χ4v) is 2.57. The standard InChI is InChI=1S/C16H22N2O3/c1-13(16(20)21)17-9-11-18(12-10-17)15(19)8-7-14-5-3-2-4-6-14/h2-6,13H,7-12H2,1H3,(H,20,21). The Balaban J connectivity index is 1.77. The number of hydrogen-bond donors (Lipinski definition) is 1. The molecule has 1 atom stereocenters. The first-order chi connectivity index (χ1) is 10.1. The number of carboxylic acids is 1. The molecule has 1 aromatic rings. The number of carboxylic acid groups (broad SMARTS) is 1. The van der Waals surface area contributed by atoms with E-state index in [1.807, 2.05) is 40.1 Å². The summed E-state index contributed by atoms with van der Waals surface area (Å²) < 4.78 is 0. The summed E-state index contributed by atoms with van der Waals surface area (Å²) in [5.41, 5.74) is 1.17. The average Bonchev–Trinajstić information content (AvgIpc) is 2.53. The third kappa shape index (κ3) is 4.29. The van der Waals surface area contributed by atoms with Crippen LogP contribution < -0.4 is 0 Å². The molecule has 114 valence electrons. The lowest BCUT2D eigenvalue weighted by molar-refractivity contribution is -0.144. The van der Waals surface area contributed by atoms with Gasteiger partial charge in [-0.05, 0) is 18.9 Å². The molecule has 1 fully saturated rings. The molecule has 0 radical (unpaired) electrons. The van der Waals surface area contributed by atoms with E-state index in [1.165, 1.54) is 5.56 Å². The lowest BCUT2D eigenvalue weighted by atomic mass is 10.1. The predicted molar refractivity (Wildman–Crippen MR) is 80.0 cm³/mol. The number of benzene rings is 1. The summed E-state index contributed by atoms with van der Waals surface area (Å²) in [6.07, 6.45) is 1.27. The molecule has 21 heavy (non-hydrogen) atoms. The van der Waals surface area contributed by atoms with Crippen LogP contribution in [0.25, 0.3) is 0 Å². The normalized spacial score (nSPS) is 17.5. The van der Waals surface area contributed by atoms with Crippen LogP contribution in [-0.4, -0.2) is 59.0 Å². The van der Waals surface area contributed by atoms with Gasteiger partial charge < -0.3 is 10.0 Å². The molecule has 0 spiro atoms. The summed E-state index contributed by atoms with van der Waals surface area (Å²) in [7, 11) is 0. The number of amides is 1. The molecule has 2 rings (SSSR count). The first-order valence-corrected chi connectivity index (χ1v) is 7.36. The molecule has 0 saturated carbocycles. The van der Waals surface area contributed by atoms with Gasteiger partial charge in [0.1, 0.15) is 6.04 Å². The Morgan fingerprint density at radius 1 is 1.14 bits per heavy atom. The Bertz CT molecular complexity index is 482. The molecule has 1 aromatic carbocycles. The minimum absolute atomic E-state index is 0.154. The van der Waals surface area contributed by atoms with Crippen molar-refractivity contribution in [2.45, 2.75) is 25.8 Å². The van der Waals surface area contributed by atoms with Crippen LogP contribution in [-0.2, 0) is 16.0 Å². The van der Waals surface area contributed by atoms with Crippen LogP contribution in [0.5, 0.6) is 0 Å². The number of piperazine rings is 1. The number of aliphatic carboxylic acids is 1. The van der Waals surface area contributed by atoms with Crippen LogP contribution in [0.1, 0.15) is 18.9 Å². The molecule has 5 nitrogen and oxygen atoms in total. The molecule has 1 saturated heterocycles. The van der Waals surface area contributed by atoms with E-state index in [0.717, 1.165) is 6.42 Å². The van der Waals surface area contributed by atoms with Crippen molar-refractivity contribution in [3.63, 3.8) is 0 Å². The Morgan fingerprint density at radius 3 is 2.33 bits per heavy atom.